The molecule has 0 fully saturated rings. The zero-order valence-electron chi connectivity index (χ0n) is 13.1. The van der Waals surface area contributed by atoms with Gasteiger partial charge in [0.15, 0.2) is 0 Å². The normalized spacial score (nSPS) is 10.5. The van der Waals surface area contributed by atoms with Crippen LogP contribution in [0.25, 0.3) is 5.82 Å². The number of carbonyl (C=O) groups excluding carboxylic acids is 1. The second-order valence-electron chi connectivity index (χ2n) is 5.26. The highest BCUT2D eigenvalue weighted by Gasteiger charge is 2.11. The molecule has 0 atom stereocenters. The molecular weight excluding hydrogens is 328 g/mol. The van der Waals surface area contributed by atoms with Crippen molar-refractivity contribution in [2.75, 3.05) is 24.3 Å². The molecule has 0 bridgehead atoms. The highest BCUT2D eigenvalue weighted by Crippen LogP contribution is 2.16. The first-order valence-corrected chi connectivity index (χ1v) is 7.51. The number of hydrogen-bond acceptors (Lipinski definition) is 5. The van der Waals surface area contributed by atoms with Gasteiger partial charge in [-0.15, -0.1) is 0 Å². The zero-order valence-corrected chi connectivity index (χ0v) is 13.9. The lowest BCUT2D eigenvalue weighted by atomic mass is 10.3. The minimum atomic E-state index is -0.321. The Labute approximate surface area is 143 Å². The monoisotopic (exact) mass is 342 g/mol. The molecular formula is C16H15ClN6O. The molecule has 0 aliphatic carbocycles. The molecule has 24 heavy (non-hydrogen) atoms. The van der Waals surface area contributed by atoms with Gasteiger partial charge in [-0.05, 0) is 18.2 Å². The molecule has 0 aliphatic rings. The second kappa shape index (κ2) is 6.67. The van der Waals surface area contributed by atoms with Crippen molar-refractivity contribution in [1.29, 1.82) is 0 Å². The Kier molecular flexibility index (Phi) is 4.43. The Balaban J connectivity index is 1.80. The summed E-state index contributed by atoms with van der Waals surface area (Å²) in [6.45, 7) is 0. The molecule has 0 saturated carbocycles. The zero-order chi connectivity index (χ0) is 17.1. The molecule has 3 aromatic rings. The number of anilines is 2. The molecule has 122 valence electrons. The number of aromatic nitrogens is 4. The number of rotatable bonds is 4. The highest BCUT2D eigenvalue weighted by atomic mass is 35.5. The van der Waals surface area contributed by atoms with Gasteiger partial charge in [0.25, 0.3) is 5.91 Å². The van der Waals surface area contributed by atoms with Gasteiger partial charge in [0.2, 0.25) is 0 Å². The summed E-state index contributed by atoms with van der Waals surface area (Å²) in [7, 11) is 3.79. The van der Waals surface area contributed by atoms with Crippen molar-refractivity contribution in [2.45, 2.75) is 0 Å². The van der Waals surface area contributed by atoms with Gasteiger partial charge in [-0.3, -0.25) is 9.36 Å². The molecule has 8 heteroatoms. The van der Waals surface area contributed by atoms with Crippen LogP contribution in [0.15, 0.2) is 49.2 Å². The van der Waals surface area contributed by atoms with Crippen LogP contribution < -0.4 is 10.2 Å². The first-order valence-electron chi connectivity index (χ1n) is 7.13. The molecule has 0 saturated heterocycles. The third-order valence-electron chi connectivity index (χ3n) is 3.26. The van der Waals surface area contributed by atoms with E-state index in [9.17, 15) is 4.79 Å². The highest BCUT2D eigenvalue weighted by molar-refractivity contribution is 6.30. The van der Waals surface area contributed by atoms with Crippen LogP contribution in [0, 0.1) is 0 Å². The van der Waals surface area contributed by atoms with Gasteiger partial charge in [0, 0.05) is 37.1 Å². The van der Waals surface area contributed by atoms with E-state index in [1.54, 1.807) is 41.1 Å². The summed E-state index contributed by atoms with van der Waals surface area (Å²) in [4.78, 5) is 26.6. The Hall–Kier alpha value is -2.93. The summed E-state index contributed by atoms with van der Waals surface area (Å²) in [5.74, 6) is 1.07. The van der Waals surface area contributed by atoms with Crippen molar-refractivity contribution in [3.8, 4) is 5.82 Å². The maximum Gasteiger partial charge on any atom is 0.275 e. The Morgan fingerprint density at radius 3 is 2.79 bits per heavy atom. The molecule has 0 unspecified atom stereocenters. The minimum Gasteiger partial charge on any atom is -0.363 e. The summed E-state index contributed by atoms with van der Waals surface area (Å²) in [6.07, 6.45) is 4.62. The smallest absolute Gasteiger partial charge is 0.275 e. The molecule has 3 rings (SSSR count). The topological polar surface area (TPSA) is 75.9 Å². The SMILES string of the molecule is CN(C)c1cc(-n2cnc(C(=O)Nc3cccc(Cl)c3)c2)ncn1. The summed E-state index contributed by atoms with van der Waals surface area (Å²) in [5.41, 5.74) is 0.888. The maximum atomic E-state index is 12.3. The fraction of sp³-hybridized carbons (Fsp3) is 0.125. The fourth-order valence-corrected chi connectivity index (χ4v) is 2.24. The number of hydrogen-bond donors (Lipinski definition) is 1. The van der Waals surface area contributed by atoms with Gasteiger partial charge in [-0.1, -0.05) is 17.7 Å². The van der Waals surface area contributed by atoms with Crippen molar-refractivity contribution >= 4 is 29.0 Å². The van der Waals surface area contributed by atoms with E-state index >= 15 is 0 Å². The summed E-state index contributed by atoms with van der Waals surface area (Å²) in [5, 5.41) is 3.30. The standard InChI is InChI=1S/C16H15ClN6O/c1-22(2)14-7-15(19-9-18-14)23-8-13(20-10-23)16(24)21-12-5-3-4-11(17)6-12/h3-10H,1-2H3,(H,21,24). The molecule has 1 aromatic carbocycles. The number of nitrogens with one attached hydrogen (secondary N) is 1. The van der Waals surface area contributed by atoms with E-state index in [2.05, 4.69) is 20.3 Å². The Bertz CT molecular complexity index is 876. The van der Waals surface area contributed by atoms with Gasteiger partial charge in [-0.25, -0.2) is 15.0 Å². The van der Waals surface area contributed by atoms with Crippen LogP contribution >= 0.6 is 11.6 Å². The van der Waals surface area contributed by atoms with E-state index < -0.39 is 0 Å². The van der Waals surface area contributed by atoms with Gasteiger partial charge in [0.1, 0.15) is 30.0 Å². The number of benzene rings is 1. The lowest BCUT2D eigenvalue weighted by Gasteiger charge is -2.11. The largest absolute Gasteiger partial charge is 0.363 e. The van der Waals surface area contributed by atoms with Gasteiger partial charge < -0.3 is 10.2 Å². The summed E-state index contributed by atoms with van der Waals surface area (Å²) >= 11 is 5.91. The first-order chi connectivity index (χ1) is 11.5. The lowest BCUT2D eigenvalue weighted by Crippen LogP contribution is -2.12. The second-order valence-corrected chi connectivity index (χ2v) is 5.70. The van der Waals surface area contributed by atoms with Gasteiger partial charge in [-0.2, -0.15) is 0 Å². The van der Waals surface area contributed by atoms with Gasteiger partial charge in [0.05, 0.1) is 0 Å². The number of carbonyl (C=O) groups is 1. The number of amides is 1. The van der Waals surface area contributed by atoms with Crippen LogP contribution in [0.5, 0.6) is 0 Å². The predicted molar refractivity (Wildman–Crippen MR) is 92.9 cm³/mol. The molecule has 0 radical (unpaired) electrons. The van der Waals surface area contributed by atoms with Crippen LogP contribution in [0.1, 0.15) is 10.5 Å². The maximum absolute atomic E-state index is 12.3. The van der Waals surface area contributed by atoms with Crippen molar-refractivity contribution in [1.82, 2.24) is 19.5 Å². The van der Waals surface area contributed by atoms with Gasteiger partial charge >= 0.3 is 0 Å². The number of imidazole rings is 1. The van der Waals surface area contributed by atoms with Crippen LogP contribution in [0.4, 0.5) is 11.5 Å². The molecule has 1 N–H and O–H groups in total. The molecule has 0 aliphatic heterocycles. The molecule has 1 amide bonds. The number of nitrogens with zero attached hydrogens (tertiary/aromatic N) is 5. The third kappa shape index (κ3) is 3.52. The van der Waals surface area contributed by atoms with E-state index in [4.69, 9.17) is 11.6 Å². The van der Waals surface area contributed by atoms with E-state index in [0.717, 1.165) is 5.82 Å². The van der Waals surface area contributed by atoms with E-state index in [1.807, 2.05) is 19.0 Å². The number of halogens is 1. The van der Waals surface area contributed by atoms with E-state index in [-0.39, 0.29) is 11.6 Å². The van der Waals surface area contributed by atoms with E-state index in [0.29, 0.717) is 16.5 Å². The van der Waals surface area contributed by atoms with Crippen LogP contribution in [-0.4, -0.2) is 39.5 Å². The van der Waals surface area contributed by atoms with Crippen LogP contribution in [0.2, 0.25) is 5.02 Å². The molecule has 7 nitrogen and oxygen atoms in total. The van der Waals surface area contributed by atoms with Crippen LogP contribution in [0.3, 0.4) is 0 Å². The van der Waals surface area contributed by atoms with Crippen molar-refractivity contribution < 1.29 is 4.79 Å². The summed E-state index contributed by atoms with van der Waals surface area (Å²) < 4.78 is 1.67. The summed E-state index contributed by atoms with van der Waals surface area (Å²) in [6, 6.07) is 8.74. The van der Waals surface area contributed by atoms with Crippen molar-refractivity contribution in [3.63, 3.8) is 0 Å². The molecule has 2 heterocycles. The Morgan fingerprint density at radius 1 is 1.21 bits per heavy atom. The average Bonchev–Trinajstić information content (AvgIpc) is 3.05. The quantitative estimate of drug-likeness (QED) is 0.788. The third-order valence-corrected chi connectivity index (χ3v) is 3.49. The first kappa shape index (κ1) is 15.9. The lowest BCUT2D eigenvalue weighted by molar-refractivity contribution is 0.102. The van der Waals surface area contributed by atoms with Crippen molar-refractivity contribution in [2.24, 2.45) is 0 Å². The minimum absolute atomic E-state index is 0.278. The molecule has 0 spiro atoms. The predicted octanol–water partition coefficient (Wildman–Crippen LogP) is 2.63. The Morgan fingerprint density at radius 2 is 2.04 bits per heavy atom. The van der Waals surface area contributed by atoms with E-state index in [1.165, 1.54) is 12.7 Å². The van der Waals surface area contributed by atoms with Crippen molar-refractivity contribution in [3.05, 3.63) is 59.9 Å². The average molecular weight is 343 g/mol. The molecule has 2 aromatic heterocycles. The fourth-order valence-electron chi connectivity index (χ4n) is 2.05. The van der Waals surface area contributed by atoms with Crippen LogP contribution in [-0.2, 0) is 0 Å².